The van der Waals surface area contributed by atoms with E-state index in [4.69, 9.17) is 10.5 Å². The Kier molecular flexibility index (Phi) is 3.42. The predicted octanol–water partition coefficient (Wildman–Crippen LogP) is 4.26. The second kappa shape index (κ2) is 4.88. The highest BCUT2D eigenvalue weighted by atomic mass is 19.1. The molecular weight excluding hydrogens is 248 g/mol. The Labute approximate surface area is 110 Å². The van der Waals surface area contributed by atoms with E-state index in [0.29, 0.717) is 5.75 Å². The summed E-state index contributed by atoms with van der Waals surface area (Å²) < 4.78 is 32.8. The molecular formula is C15H15F2NO. The normalized spacial score (nSPS) is 10.6. The van der Waals surface area contributed by atoms with E-state index in [0.717, 1.165) is 28.8 Å². The van der Waals surface area contributed by atoms with Gasteiger partial charge in [0.1, 0.15) is 5.75 Å². The number of rotatable bonds is 2. The topological polar surface area (TPSA) is 35.2 Å². The molecule has 0 heterocycles. The van der Waals surface area contributed by atoms with Crippen LogP contribution in [0.3, 0.4) is 0 Å². The van der Waals surface area contributed by atoms with Crippen LogP contribution in [0.2, 0.25) is 0 Å². The molecule has 0 aliphatic rings. The van der Waals surface area contributed by atoms with Gasteiger partial charge in [-0.1, -0.05) is 6.07 Å². The van der Waals surface area contributed by atoms with Crippen molar-refractivity contribution in [1.29, 1.82) is 0 Å². The molecule has 0 radical (unpaired) electrons. The number of halogens is 2. The number of anilines is 1. The first kappa shape index (κ1) is 13.3. The van der Waals surface area contributed by atoms with Gasteiger partial charge >= 0.3 is 0 Å². The van der Waals surface area contributed by atoms with Crippen molar-refractivity contribution in [2.45, 2.75) is 20.8 Å². The van der Waals surface area contributed by atoms with Crippen LogP contribution in [0.1, 0.15) is 16.7 Å². The number of nitrogens with two attached hydrogens (primary N) is 1. The van der Waals surface area contributed by atoms with E-state index >= 15 is 0 Å². The van der Waals surface area contributed by atoms with Gasteiger partial charge in [0.2, 0.25) is 0 Å². The molecule has 0 aromatic heterocycles. The Morgan fingerprint density at radius 1 is 0.947 bits per heavy atom. The number of hydrogen-bond donors (Lipinski definition) is 1. The van der Waals surface area contributed by atoms with Gasteiger partial charge in [0.15, 0.2) is 17.4 Å². The highest BCUT2D eigenvalue weighted by molar-refractivity contribution is 5.48. The van der Waals surface area contributed by atoms with Crippen molar-refractivity contribution < 1.29 is 13.5 Å². The summed E-state index contributed by atoms with van der Waals surface area (Å²) >= 11 is 0. The molecule has 0 saturated heterocycles. The average molecular weight is 263 g/mol. The lowest BCUT2D eigenvalue weighted by molar-refractivity contribution is 0.405. The van der Waals surface area contributed by atoms with Crippen LogP contribution in [0.5, 0.6) is 11.5 Å². The monoisotopic (exact) mass is 263 g/mol. The lowest BCUT2D eigenvalue weighted by Gasteiger charge is -2.13. The lowest BCUT2D eigenvalue weighted by atomic mass is 10.1. The summed E-state index contributed by atoms with van der Waals surface area (Å²) in [7, 11) is 0. The molecule has 0 amide bonds. The summed E-state index contributed by atoms with van der Waals surface area (Å²) in [5, 5.41) is 0. The van der Waals surface area contributed by atoms with Crippen LogP contribution in [0.15, 0.2) is 24.3 Å². The van der Waals surface area contributed by atoms with Crippen molar-refractivity contribution in [3.63, 3.8) is 0 Å². The molecule has 4 heteroatoms. The summed E-state index contributed by atoms with van der Waals surface area (Å²) in [4.78, 5) is 0. The molecule has 0 aliphatic carbocycles. The van der Waals surface area contributed by atoms with E-state index in [-0.39, 0.29) is 5.69 Å². The summed E-state index contributed by atoms with van der Waals surface area (Å²) in [6, 6.07) is 5.81. The number of ether oxygens (including phenoxy) is 1. The summed E-state index contributed by atoms with van der Waals surface area (Å²) in [5.74, 6) is -1.60. The van der Waals surface area contributed by atoms with E-state index in [2.05, 4.69) is 0 Å². The molecule has 0 atom stereocenters. The average Bonchev–Trinajstić information content (AvgIpc) is 2.29. The largest absolute Gasteiger partial charge is 0.451 e. The molecule has 2 rings (SSSR count). The fourth-order valence-corrected chi connectivity index (χ4v) is 1.89. The third-order valence-corrected chi connectivity index (χ3v) is 3.00. The summed E-state index contributed by atoms with van der Waals surface area (Å²) in [6.45, 7) is 5.66. The maximum atomic E-state index is 13.7. The molecule has 0 fully saturated rings. The van der Waals surface area contributed by atoms with Gasteiger partial charge in [-0.05, 0) is 43.5 Å². The Morgan fingerprint density at radius 3 is 2.11 bits per heavy atom. The van der Waals surface area contributed by atoms with Crippen molar-refractivity contribution in [3.8, 4) is 11.5 Å². The van der Waals surface area contributed by atoms with Crippen LogP contribution in [-0.2, 0) is 0 Å². The molecule has 19 heavy (non-hydrogen) atoms. The molecule has 0 unspecified atom stereocenters. The maximum absolute atomic E-state index is 13.7. The third kappa shape index (κ3) is 2.67. The van der Waals surface area contributed by atoms with Gasteiger partial charge in [0.05, 0.1) is 0 Å². The third-order valence-electron chi connectivity index (χ3n) is 3.00. The van der Waals surface area contributed by atoms with Crippen molar-refractivity contribution >= 4 is 5.69 Å². The van der Waals surface area contributed by atoms with Crippen LogP contribution < -0.4 is 10.5 Å². The van der Waals surface area contributed by atoms with Gasteiger partial charge in [-0.2, -0.15) is 0 Å². The van der Waals surface area contributed by atoms with Crippen molar-refractivity contribution in [3.05, 3.63) is 52.6 Å². The van der Waals surface area contributed by atoms with Gasteiger partial charge in [0.25, 0.3) is 0 Å². The van der Waals surface area contributed by atoms with Crippen LogP contribution in [0.25, 0.3) is 0 Å². The second-order valence-electron chi connectivity index (χ2n) is 4.62. The highest BCUT2D eigenvalue weighted by Gasteiger charge is 2.14. The number of aryl methyl sites for hydroxylation is 2. The Bertz CT molecular complexity index is 615. The minimum atomic E-state index is -0.809. The SMILES string of the molecule is Cc1cc(C)c(C)c(Oc2c(F)cc(N)cc2F)c1. The summed E-state index contributed by atoms with van der Waals surface area (Å²) in [5.41, 5.74) is 8.21. The van der Waals surface area contributed by atoms with Crippen molar-refractivity contribution in [2.75, 3.05) is 5.73 Å². The van der Waals surface area contributed by atoms with Gasteiger partial charge in [-0.15, -0.1) is 0 Å². The Morgan fingerprint density at radius 2 is 1.53 bits per heavy atom. The second-order valence-corrected chi connectivity index (χ2v) is 4.62. The fraction of sp³-hybridized carbons (Fsp3) is 0.200. The smallest absolute Gasteiger partial charge is 0.198 e. The van der Waals surface area contributed by atoms with E-state index in [9.17, 15) is 8.78 Å². The standard InChI is InChI=1S/C15H15F2NO/c1-8-4-9(2)10(3)14(5-8)19-15-12(16)6-11(18)7-13(15)17/h4-7H,18H2,1-3H3. The van der Waals surface area contributed by atoms with E-state index in [1.165, 1.54) is 0 Å². The first-order valence-electron chi connectivity index (χ1n) is 5.88. The maximum Gasteiger partial charge on any atom is 0.198 e. The Balaban J connectivity index is 2.48. The molecule has 2 N–H and O–H groups in total. The number of nitrogen functional groups attached to an aromatic ring is 1. The van der Waals surface area contributed by atoms with E-state index in [1.807, 2.05) is 26.8 Å². The minimum absolute atomic E-state index is 0.0273. The van der Waals surface area contributed by atoms with Gasteiger partial charge in [-0.25, -0.2) is 8.78 Å². The molecule has 0 bridgehead atoms. The van der Waals surface area contributed by atoms with Crippen LogP contribution in [0, 0.1) is 32.4 Å². The highest BCUT2D eigenvalue weighted by Crippen LogP contribution is 2.32. The fourth-order valence-electron chi connectivity index (χ4n) is 1.89. The van der Waals surface area contributed by atoms with Crippen LogP contribution >= 0.6 is 0 Å². The van der Waals surface area contributed by atoms with Gasteiger partial charge < -0.3 is 10.5 Å². The molecule has 0 spiro atoms. The number of benzene rings is 2. The van der Waals surface area contributed by atoms with Crippen molar-refractivity contribution in [1.82, 2.24) is 0 Å². The molecule has 0 saturated carbocycles. The van der Waals surface area contributed by atoms with Gasteiger partial charge in [-0.3, -0.25) is 0 Å². The molecule has 0 aliphatic heterocycles. The van der Waals surface area contributed by atoms with E-state index < -0.39 is 17.4 Å². The lowest BCUT2D eigenvalue weighted by Crippen LogP contribution is -1.98. The molecule has 100 valence electrons. The van der Waals surface area contributed by atoms with Crippen LogP contribution in [0.4, 0.5) is 14.5 Å². The van der Waals surface area contributed by atoms with Gasteiger partial charge in [0, 0.05) is 17.8 Å². The van der Waals surface area contributed by atoms with Crippen LogP contribution in [-0.4, -0.2) is 0 Å². The molecule has 2 nitrogen and oxygen atoms in total. The first-order valence-corrected chi connectivity index (χ1v) is 5.88. The summed E-state index contributed by atoms with van der Waals surface area (Å²) in [6.07, 6.45) is 0. The predicted molar refractivity (Wildman–Crippen MR) is 71.5 cm³/mol. The molecule has 2 aromatic carbocycles. The molecule has 2 aromatic rings. The van der Waals surface area contributed by atoms with Crippen molar-refractivity contribution in [2.24, 2.45) is 0 Å². The quantitative estimate of drug-likeness (QED) is 0.821. The zero-order valence-corrected chi connectivity index (χ0v) is 11.1. The minimum Gasteiger partial charge on any atom is -0.451 e. The Hall–Kier alpha value is -2.10. The zero-order valence-electron chi connectivity index (χ0n) is 11.1. The zero-order chi connectivity index (χ0) is 14.2. The number of hydrogen-bond acceptors (Lipinski definition) is 2. The van der Waals surface area contributed by atoms with E-state index in [1.54, 1.807) is 6.07 Å². The first-order chi connectivity index (χ1) is 8.88.